The fraction of sp³-hybridized carbons (Fsp3) is 0.500. The lowest BCUT2D eigenvalue weighted by Gasteiger charge is -2.13. The van der Waals surface area contributed by atoms with E-state index in [1.807, 2.05) is 0 Å². The van der Waals surface area contributed by atoms with Crippen LogP contribution in [0.2, 0.25) is 0 Å². The number of nitrogens with one attached hydrogen (secondary N) is 2. The average Bonchev–Trinajstić information content (AvgIpc) is 2.34. The smallest absolute Gasteiger partial charge is 0.419 e. The maximum Gasteiger partial charge on any atom is 0.734 e. The summed E-state index contributed by atoms with van der Waals surface area (Å²) in [6.45, 7) is -2.05. The molecule has 0 saturated carbocycles. The van der Waals surface area contributed by atoms with E-state index in [9.17, 15) is 45.3 Å². The first kappa shape index (κ1) is 18.1. The van der Waals surface area contributed by atoms with E-state index in [0.29, 0.717) is 0 Å². The third kappa shape index (κ3) is 3.58. The lowest BCUT2D eigenvalue weighted by Crippen LogP contribution is -2.58. The van der Waals surface area contributed by atoms with Gasteiger partial charge in [0.05, 0.1) is 5.12 Å². The molecule has 18 heteroatoms. The van der Waals surface area contributed by atoms with Crippen LogP contribution in [0.5, 0.6) is 0 Å². The van der Waals surface area contributed by atoms with Gasteiger partial charge in [-0.2, -0.15) is 0 Å². The first-order chi connectivity index (χ1) is 9.96. The maximum absolute atomic E-state index is 11.2. The molecule has 0 saturated heterocycles. The van der Waals surface area contributed by atoms with E-state index < -0.39 is 49.4 Å². The van der Waals surface area contributed by atoms with Crippen molar-refractivity contribution in [3.63, 3.8) is 0 Å². The average molecular weight is 326 g/mol. The van der Waals surface area contributed by atoms with Crippen molar-refractivity contribution in [1.29, 1.82) is 5.41 Å². The van der Waals surface area contributed by atoms with Crippen LogP contribution in [0.4, 0.5) is 4.79 Å². The lowest BCUT2D eigenvalue weighted by molar-refractivity contribution is -0.970. The van der Waals surface area contributed by atoms with Gasteiger partial charge in [0.25, 0.3) is 0 Å². The fourth-order valence-electron chi connectivity index (χ4n) is 0.845. The van der Waals surface area contributed by atoms with Crippen LogP contribution in [-0.2, 0) is 4.74 Å². The van der Waals surface area contributed by atoms with Gasteiger partial charge < -0.3 is 10.5 Å². The van der Waals surface area contributed by atoms with Gasteiger partial charge >= 0.3 is 18.5 Å². The van der Waals surface area contributed by atoms with Crippen molar-refractivity contribution in [2.24, 2.45) is 5.73 Å². The van der Waals surface area contributed by atoms with Gasteiger partial charge in [-0.15, -0.1) is 0 Å². The van der Waals surface area contributed by atoms with E-state index in [0.717, 1.165) is 0 Å². The summed E-state index contributed by atoms with van der Waals surface area (Å²) in [7, 11) is 0. The number of rotatable bonds is 6. The zero-order chi connectivity index (χ0) is 17.7. The summed E-state index contributed by atoms with van der Waals surface area (Å²) in [4.78, 5) is 47.3. The van der Waals surface area contributed by atoms with E-state index >= 15 is 0 Å². The van der Waals surface area contributed by atoms with Crippen molar-refractivity contribution in [3.8, 4) is 0 Å². The van der Waals surface area contributed by atoms with Crippen LogP contribution in [-0.4, -0.2) is 49.4 Å². The fourth-order valence-corrected chi connectivity index (χ4v) is 0.845. The molecule has 0 aliphatic heterocycles. The van der Waals surface area contributed by atoms with Crippen LogP contribution in [0.15, 0.2) is 0 Å². The van der Waals surface area contributed by atoms with E-state index in [1.165, 1.54) is 5.43 Å². The Labute approximate surface area is 117 Å². The molecule has 22 heavy (non-hydrogen) atoms. The Morgan fingerprint density at radius 1 is 1.14 bits per heavy atom. The van der Waals surface area contributed by atoms with Crippen molar-refractivity contribution in [3.05, 3.63) is 40.5 Å². The molecule has 0 aliphatic rings. The van der Waals surface area contributed by atoms with Gasteiger partial charge in [-0.05, 0) is 0 Å². The summed E-state index contributed by atoms with van der Waals surface area (Å²) in [5.41, 5.74) is 6.00. The summed E-state index contributed by atoms with van der Waals surface area (Å²) < 4.78 is 3.82. The Morgan fingerprint density at radius 2 is 1.55 bits per heavy atom. The Morgan fingerprint density at radius 3 is 1.82 bits per heavy atom. The van der Waals surface area contributed by atoms with Crippen LogP contribution in [0, 0.1) is 45.9 Å². The number of nitrogens with zero attached hydrogens (tertiary/aromatic N) is 5. The molecule has 0 spiro atoms. The maximum atomic E-state index is 11.2. The summed E-state index contributed by atoms with van der Waals surface area (Å²) in [6, 6.07) is 0. The minimum Gasteiger partial charge on any atom is -0.419 e. The Hall–Kier alpha value is -3.86. The number of ether oxygens (including phenoxy) is 1. The molecule has 18 nitrogen and oxygen atoms in total. The van der Waals surface area contributed by atoms with Crippen molar-refractivity contribution in [2.75, 3.05) is 6.61 Å². The largest absolute Gasteiger partial charge is 0.734 e. The number of hydrazine groups is 2. The van der Waals surface area contributed by atoms with Crippen molar-refractivity contribution in [1.82, 2.24) is 10.5 Å². The highest BCUT2D eigenvalue weighted by Crippen LogP contribution is 2.13. The van der Waals surface area contributed by atoms with Crippen molar-refractivity contribution in [2.45, 2.75) is 5.79 Å². The topological polar surface area (TPSA) is 264 Å². The Bertz CT molecular complexity index is 507. The second kappa shape index (κ2) is 6.53. The highest BCUT2D eigenvalue weighted by molar-refractivity contribution is 5.77. The standard InChI is InChI=1S/C4H6N8O10/c5-2(6)7-8(12(20)21)3(13)22-1-4(9(14)15,10(16)17)11(18)19/h1H2,(H4,5,6,7). The molecule has 122 valence electrons. The van der Waals surface area contributed by atoms with Crippen LogP contribution in [0.25, 0.3) is 0 Å². The van der Waals surface area contributed by atoms with E-state index in [-0.39, 0.29) is 0 Å². The Balaban J connectivity index is 5.29. The molecule has 0 rings (SSSR count). The predicted octanol–water partition coefficient (Wildman–Crippen LogP) is -2.50. The van der Waals surface area contributed by atoms with Gasteiger partial charge in [0.15, 0.2) is 19.8 Å². The number of hydrogen-bond acceptors (Lipinski definition) is 11. The predicted molar refractivity (Wildman–Crippen MR) is 58.9 cm³/mol. The molecule has 0 unspecified atom stereocenters. The van der Waals surface area contributed by atoms with Gasteiger partial charge in [-0.3, -0.25) is 35.8 Å². The zero-order valence-electron chi connectivity index (χ0n) is 10.1. The molecule has 0 aliphatic carbocycles. The summed E-state index contributed by atoms with van der Waals surface area (Å²) >= 11 is 0. The quantitative estimate of drug-likeness (QED) is 0.150. The number of hydrogen-bond donors (Lipinski definition) is 3. The molecule has 0 aromatic heterocycles. The molecule has 0 fully saturated rings. The Kier molecular flexibility index (Phi) is 5.39. The third-order valence-electron chi connectivity index (χ3n) is 1.83. The molecule has 0 heterocycles. The monoisotopic (exact) mass is 326 g/mol. The molecule has 1 amide bonds. The van der Waals surface area contributed by atoms with Crippen molar-refractivity contribution < 1.29 is 29.3 Å². The van der Waals surface area contributed by atoms with Crippen LogP contribution in [0.3, 0.4) is 0 Å². The highest BCUT2D eigenvalue weighted by Gasteiger charge is 2.72. The molecule has 0 atom stereocenters. The molecular weight excluding hydrogens is 320 g/mol. The minimum atomic E-state index is -4.14. The number of amides is 1. The summed E-state index contributed by atoms with van der Waals surface area (Å²) in [6.07, 6.45) is -2.12. The van der Waals surface area contributed by atoms with Gasteiger partial charge in [-0.25, -0.2) is 20.3 Å². The summed E-state index contributed by atoms with van der Waals surface area (Å²) in [5, 5.41) is 46.4. The summed E-state index contributed by atoms with van der Waals surface area (Å²) in [5.74, 6) is -5.27. The zero-order valence-corrected chi connectivity index (χ0v) is 10.1. The number of carbonyl (C=O) groups is 1. The first-order valence-electron chi connectivity index (χ1n) is 4.62. The number of carbonyl (C=O) groups excluding carboxylic acids is 1. The molecular formula is C4H6N8O10. The lowest BCUT2D eigenvalue weighted by atomic mass is 10.4. The molecule has 0 aromatic carbocycles. The van der Waals surface area contributed by atoms with E-state index in [1.54, 1.807) is 0 Å². The minimum absolute atomic E-state index is 0.701. The van der Waals surface area contributed by atoms with Gasteiger partial charge in [-0.1, -0.05) is 0 Å². The van der Waals surface area contributed by atoms with Gasteiger partial charge in [0, 0.05) is 0 Å². The van der Waals surface area contributed by atoms with Gasteiger partial charge in [0.2, 0.25) is 5.96 Å². The molecule has 0 radical (unpaired) electrons. The van der Waals surface area contributed by atoms with Crippen molar-refractivity contribution >= 4 is 12.1 Å². The second-order valence-electron chi connectivity index (χ2n) is 3.18. The van der Waals surface area contributed by atoms with Crippen LogP contribution in [0.1, 0.15) is 0 Å². The number of nitro groups is 4. The second-order valence-corrected chi connectivity index (χ2v) is 3.18. The normalized spacial score (nSPS) is 10.2. The van der Waals surface area contributed by atoms with E-state index in [2.05, 4.69) is 10.5 Å². The third-order valence-corrected chi connectivity index (χ3v) is 1.83. The molecule has 0 bridgehead atoms. The molecule has 4 N–H and O–H groups in total. The SMILES string of the molecule is N=C(N)NN(C(=O)OCC([N+](=O)[O-])([N+](=O)[O-])[N+](=O)[O-])[N+](=O)[O-]. The van der Waals surface area contributed by atoms with E-state index in [4.69, 9.17) is 5.41 Å². The van der Waals surface area contributed by atoms with Crippen LogP contribution < -0.4 is 11.2 Å². The first-order valence-corrected chi connectivity index (χ1v) is 4.62. The van der Waals surface area contributed by atoms with Crippen LogP contribution >= 0.6 is 0 Å². The number of nitrogens with two attached hydrogens (primary N) is 1. The number of guanidine groups is 1. The molecule has 0 aromatic rings. The highest BCUT2D eigenvalue weighted by atomic mass is 16.8. The van der Waals surface area contributed by atoms with Gasteiger partial charge in [0.1, 0.15) is 0 Å².